The molecule has 1 saturated heterocycles. The number of hydrazine groups is 1. The quantitative estimate of drug-likeness (QED) is 0.887. The Hall–Kier alpha value is -0.970. The number of hydrogen-bond acceptors (Lipinski definition) is 3. The predicted octanol–water partition coefficient (Wildman–Crippen LogP) is 1.91. The summed E-state index contributed by atoms with van der Waals surface area (Å²) < 4.78 is 18.1. The Morgan fingerprint density at radius 1 is 1.11 bits per heavy atom. The molecule has 1 aliphatic carbocycles. The van der Waals surface area contributed by atoms with Gasteiger partial charge in [-0.25, -0.2) is 9.40 Å². The molecule has 1 aromatic carbocycles. The number of ether oxygens (including phenoxy) is 1. The molecular weight excluding hydrogens is 231 g/mol. The van der Waals surface area contributed by atoms with Crippen LogP contribution in [0.3, 0.4) is 0 Å². The predicted molar refractivity (Wildman–Crippen MR) is 67.7 cm³/mol. The van der Waals surface area contributed by atoms with Crippen LogP contribution in [-0.2, 0) is 4.74 Å². The van der Waals surface area contributed by atoms with Gasteiger partial charge in [0.15, 0.2) is 0 Å². The van der Waals surface area contributed by atoms with Crippen molar-refractivity contribution in [1.82, 2.24) is 10.4 Å². The zero-order valence-corrected chi connectivity index (χ0v) is 10.4. The van der Waals surface area contributed by atoms with Crippen LogP contribution >= 0.6 is 0 Å². The zero-order valence-electron chi connectivity index (χ0n) is 10.4. The van der Waals surface area contributed by atoms with E-state index < -0.39 is 0 Å². The van der Waals surface area contributed by atoms with Crippen molar-refractivity contribution < 1.29 is 9.13 Å². The first-order chi connectivity index (χ1) is 8.81. The minimum atomic E-state index is -0.152. The summed E-state index contributed by atoms with van der Waals surface area (Å²) in [5.74, 6) is 0.435. The first kappa shape index (κ1) is 12.1. The molecule has 3 rings (SSSR count). The van der Waals surface area contributed by atoms with Gasteiger partial charge in [0.2, 0.25) is 0 Å². The Bertz CT molecular complexity index is 383. The highest BCUT2D eigenvalue weighted by atomic mass is 19.1. The van der Waals surface area contributed by atoms with Crippen LogP contribution in [0.4, 0.5) is 4.39 Å². The molecule has 0 aromatic heterocycles. The minimum Gasteiger partial charge on any atom is -0.379 e. The standard InChI is InChI=1S/C14H19FN2O/c15-13-3-1-11(2-4-13)12-9-14(10-12)16-17-5-7-18-8-6-17/h1-4,12,14,16H,5-10H2. The maximum absolute atomic E-state index is 12.8. The van der Waals surface area contributed by atoms with Crippen LogP contribution in [0.15, 0.2) is 24.3 Å². The number of morpholine rings is 1. The highest BCUT2D eigenvalue weighted by Gasteiger charge is 2.31. The van der Waals surface area contributed by atoms with Crippen LogP contribution in [0.5, 0.6) is 0 Å². The number of hydrogen-bond donors (Lipinski definition) is 1. The molecule has 18 heavy (non-hydrogen) atoms. The first-order valence-electron chi connectivity index (χ1n) is 6.65. The Labute approximate surface area is 107 Å². The van der Waals surface area contributed by atoms with E-state index in [1.54, 1.807) is 12.1 Å². The Morgan fingerprint density at radius 3 is 2.44 bits per heavy atom. The van der Waals surface area contributed by atoms with Crippen molar-refractivity contribution >= 4 is 0 Å². The van der Waals surface area contributed by atoms with E-state index in [1.165, 1.54) is 5.56 Å². The fraction of sp³-hybridized carbons (Fsp3) is 0.571. The largest absolute Gasteiger partial charge is 0.379 e. The van der Waals surface area contributed by atoms with Crippen molar-refractivity contribution in [3.05, 3.63) is 35.6 Å². The average molecular weight is 250 g/mol. The van der Waals surface area contributed by atoms with E-state index in [2.05, 4.69) is 10.4 Å². The normalized spacial score (nSPS) is 28.9. The molecule has 1 heterocycles. The van der Waals surface area contributed by atoms with Crippen molar-refractivity contribution in [1.29, 1.82) is 0 Å². The second kappa shape index (κ2) is 5.34. The fourth-order valence-corrected chi connectivity index (χ4v) is 2.68. The summed E-state index contributed by atoms with van der Waals surface area (Å²) in [6.07, 6.45) is 2.28. The van der Waals surface area contributed by atoms with Gasteiger partial charge in [0.1, 0.15) is 5.82 Å². The number of halogens is 1. The van der Waals surface area contributed by atoms with Gasteiger partial charge in [0.05, 0.1) is 13.2 Å². The zero-order chi connectivity index (χ0) is 12.4. The molecule has 0 radical (unpaired) electrons. The summed E-state index contributed by atoms with van der Waals surface area (Å²) >= 11 is 0. The molecule has 1 N–H and O–H groups in total. The Morgan fingerprint density at radius 2 is 1.78 bits per heavy atom. The van der Waals surface area contributed by atoms with E-state index in [0.717, 1.165) is 39.1 Å². The summed E-state index contributed by atoms with van der Waals surface area (Å²) in [5.41, 5.74) is 4.81. The van der Waals surface area contributed by atoms with Gasteiger partial charge in [-0.2, -0.15) is 0 Å². The maximum Gasteiger partial charge on any atom is 0.123 e. The molecule has 0 spiro atoms. The number of nitrogens with zero attached hydrogens (tertiary/aromatic N) is 1. The minimum absolute atomic E-state index is 0.152. The molecule has 2 aliphatic rings. The van der Waals surface area contributed by atoms with Gasteiger partial charge in [-0.15, -0.1) is 0 Å². The SMILES string of the molecule is Fc1ccc(C2CC(NN3CCOCC3)C2)cc1. The molecule has 1 saturated carbocycles. The summed E-state index contributed by atoms with van der Waals surface area (Å²) in [7, 11) is 0. The summed E-state index contributed by atoms with van der Waals surface area (Å²) in [4.78, 5) is 0. The van der Waals surface area contributed by atoms with E-state index in [4.69, 9.17) is 4.74 Å². The van der Waals surface area contributed by atoms with Crippen LogP contribution in [-0.4, -0.2) is 37.4 Å². The third-order valence-corrected chi connectivity index (χ3v) is 3.86. The number of nitrogens with one attached hydrogen (secondary N) is 1. The second-order valence-electron chi connectivity index (χ2n) is 5.15. The van der Waals surface area contributed by atoms with Gasteiger partial charge in [-0.05, 0) is 36.5 Å². The summed E-state index contributed by atoms with van der Waals surface area (Å²) in [6.45, 7) is 3.58. The van der Waals surface area contributed by atoms with Gasteiger partial charge in [0.25, 0.3) is 0 Å². The molecule has 0 bridgehead atoms. The van der Waals surface area contributed by atoms with Crippen molar-refractivity contribution in [2.45, 2.75) is 24.8 Å². The molecule has 98 valence electrons. The van der Waals surface area contributed by atoms with E-state index in [-0.39, 0.29) is 5.82 Å². The number of rotatable bonds is 3. The topological polar surface area (TPSA) is 24.5 Å². The fourth-order valence-electron chi connectivity index (χ4n) is 2.68. The van der Waals surface area contributed by atoms with Crippen LogP contribution < -0.4 is 5.43 Å². The van der Waals surface area contributed by atoms with Crippen LogP contribution in [0.1, 0.15) is 24.3 Å². The first-order valence-corrected chi connectivity index (χ1v) is 6.65. The summed E-state index contributed by atoms with van der Waals surface area (Å²) in [6, 6.07) is 7.49. The molecule has 0 amide bonds. The van der Waals surface area contributed by atoms with E-state index in [1.807, 2.05) is 12.1 Å². The highest BCUT2D eigenvalue weighted by Crippen LogP contribution is 2.36. The lowest BCUT2D eigenvalue weighted by molar-refractivity contribution is -0.00620. The monoisotopic (exact) mass is 250 g/mol. The van der Waals surface area contributed by atoms with Crippen LogP contribution in [0.25, 0.3) is 0 Å². The lowest BCUT2D eigenvalue weighted by Crippen LogP contribution is -2.53. The van der Waals surface area contributed by atoms with Gasteiger partial charge >= 0.3 is 0 Å². The molecule has 3 nitrogen and oxygen atoms in total. The maximum atomic E-state index is 12.8. The molecule has 1 aliphatic heterocycles. The van der Waals surface area contributed by atoms with Crippen molar-refractivity contribution in [2.75, 3.05) is 26.3 Å². The van der Waals surface area contributed by atoms with Gasteiger partial charge in [-0.3, -0.25) is 5.43 Å². The Kier molecular flexibility index (Phi) is 3.59. The lowest BCUT2D eigenvalue weighted by Gasteiger charge is -2.40. The third-order valence-electron chi connectivity index (χ3n) is 3.86. The van der Waals surface area contributed by atoms with E-state index >= 15 is 0 Å². The molecule has 0 unspecified atom stereocenters. The van der Waals surface area contributed by atoms with Crippen LogP contribution in [0, 0.1) is 5.82 Å². The Balaban J connectivity index is 1.46. The molecule has 4 heteroatoms. The van der Waals surface area contributed by atoms with Gasteiger partial charge < -0.3 is 4.74 Å². The molecular formula is C14H19FN2O. The van der Waals surface area contributed by atoms with Crippen molar-refractivity contribution in [2.24, 2.45) is 0 Å². The smallest absolute Gasteiger partial charge is 0.123 e. The average Bonchev–Trinajstić information content (AvgIpc) is 2.36. The van der Waals surface area contributed by atoms with Crippen LogP contribution in [0.2, 0.25) is 0 Å². The van der Waals surface area contributed by atoms with Gasteiger partial charge in [0, 0.05) is 19.1 Å². The highest BCUT2D eigenvalue weighted by molar-refractivity contribution is 5.23. The van der Waals surface area contributed by atoms with E-state index in [0.29, 0.717) is 12.0 Å². The summed E-state index contributed by atoms with van der Waals surface area (Å²) in [5, 5.41) is 2.26. The van der Waals surface area contributed by atoms with Crippen molar-refractivity contribution in [3.63, 3.8) is 0 Å². The van der Waals surface area contributed by atoms with Crippen molar-refractivity contribution in [3.8, 4) is 0 Å². The van der Waals surface area contributed by atoms with Gasteiger partial charge in [-0.1, -0.05) is 12.1 Å². The number of benzene rings is 1. The van der Waals surface area contributed by atoms with E-state index in [9.17, 15) is 4.39 Å². The third kappa shape index (κ3) is 2.71. The second-order valence-corrected chi connectivity index (χ2v) is 5.15. The molecule has 2 fully saturated rings. The molecule has 0 atom stereocenters. The lowest BCUT2D eigenvalue weighted by atomic mass is 9.76. The molecule has 1 aromatic rings.